The molecular formula is C16H15BrN4. The lowest BCUT2D eigenvalue weighted by molar-refractivity contribution is 0.949. The molecule has 0 spiro atoms. The van der Waals surface area contributed by atoms with Gasteiger partial charge in [0.2, 0.25) is 0 Å². The van der Waals surface area contributed by atoms with Crippen LogP contribution in [0.3, 0.4) is 0 Å². The van der Waals surface area contributed by atoms with Gasteiger partial charge in [-0.3, -0.25) is 4.98 Å². The fourth-order valence-corrected chi connectivity index (χ4v) is 3.21. The molecule has 4 nitrogen and oxygen atoms in total. The lowest BCUT2D eigenvalue weighted by Gasteiger charge is -2.17. The van der Waals surface area contributed by atoms with E-state index in [9.17, 15) is 0 Å². The molecule has 1 aromatic carbocycles. The van der Waals surface area contributed by atoms with Gasteiger partial charge < -0.3 is 9.88 Å². The molecule has 0 saturated carbocycles. The van der Waals surface area contributed by atoms with E-state index in [1.54, 1.807) is 6.20 Å². The van der Waals surface area contributed by atoms with Gasteiger partial charge in [-0.15, -0.1) is 0 Å². The minimum atomic E-state index is 0.859. The molecule has 0 radical (unpaired) electrons. The Balaban J connectivity index is 1.75. The fourth-order valence-electron chi connectivity index (χ4n) is 2.85. The highest BCUT2D eigenvalue weighted by molar-refractivity contribution is 9.10. The molecule has 1 aliphatic rings. The van der Waals surface area contributed by atoms with E-state index in [2.05, 4.69) is 54.0 Å². The molecule has 1 aliphatic heterocycles. The first kappa shape index (κ1) is 12.8. The minimum Gasteiger partial charge on any atom is -0.371 e. The number of benzene rings is 1. The number of nitrogens with one attached hydrogen (secondary N) is 1. The predicted octanol–water partition coefficient (Wildman–Crippen LogP) is 3.99. The zero-order chi connectivity index (χ0) is 14.2. The smallest absolute Gasteiger partial charge is 0.140 e. The highest BCUT2D eigenvalue weighted by Gasteiger charge is 2.14. The van der Waals surface area contributed by atoms with E-state index in [4.69, 9.17) is 0 Å². The van der Waals surface area contributed by atoms with Gasteiger partial charge >= 0.3 is 0 Å². The molecule has 5 heteroatoms. The highest BCUT2D eigenvalue weighted by Crippen LogP contribution is 2.27. The molecule has 0 bridgehead atoms. The van der Waals surface area contributed by atoms with Crippen molar-refractivity contribution in [3.63, 3.8) is 0 Å². The monoisotopic (exact) mass is 342 g/mol. The number of rotatable bonds is 2. The SMILES string of the molecule is Brc1cncc(-c2nc3ccc(N4CCCC4)cc3[nH]2)c1. The highest BCUT2D eigenvalue weighted by atomic mass is 79.9. The van der Waals surface area contributed by atoms with Crippen molar-refractivity contribution in [2.24, 2.45) is 0 Å². The summed E-state index contributed by atoms with van der Waals surface area (Å²) in [6.45, 7) is 2.31. The first-order valence-electron chi connectivity index (χ1n) is 7.15. The van der Waals surface area contributed by atoms with Crippen LogP contribution < -0.4 is 4.90 Å². The van der Waals surface area contributed by atoms with E-state index in [-0.39, 0.29) is 0 Å². The number of pyridine rings is 1. The third kappa shape index (κ3) is 2.42. The normalized spacial score (nSPS) is 15.0. The van der Waals surface area contributed by atoms with Gasteiger partial charge in [0.1, 0.15) is 5.82 Å². The van der Waals surface area contributed by atoms with Crippen molar-refractivity contribution >= 4 is 32.7 Å². The van der Waals surface area contributed by atoms with Crippen LogP contribution in [0.15, 0.2) is 41.1 Å². The summed E-state index contributed by atoms with van der Waals surface area (Å²) in [5.41, 5.74) is 4.34. The second kappa shape index (κ2) is 5.15. The van der Waals surface area contributed by atoms with Gasteiger partial charge in [0.15, 0.2) is 0 Å². The number of fused-ring (bicyclic) bond motifs is 1. The number of anilines is 1. The van der Waals surface area contributed by atoms with Crippen LogP contribution in [0.2, 0.25) is 0 Å². The van der Waals surface area contributed by atoms with E-state index in [1.165, 1.54) is 18.5 Å². The van der Waals surface area contributed by atoms with Crippen LogP contribution in [0.5, 0.6) is 0 Å². The van der Waals surface area contributed by atoms with E-state index < -0.39 is 0 Å². The number of H-pyrrole nitrogens is 1. The molecule has 3 aromatic rings. The Kier molecular flexibility index (Phi) is 3.15. The number of nitrogens with zero attached hydrogens (tertiary/aromatic N) is 3. The molecule has 1 N–H and O–H groups in total. The van der Waals surface area contributed by atoms with Crippen LogP contribution >= 0.6 is 15.9 Å². The van der Waals surface area contributed by atoms with Gasteiger partial charge in [-0.1, -0.05) is 0 Å². The van der Waals surface area contributed by atoms with Crippen molar-refractivity contribution in [2.75, 3.05) is 18.0 Å². The molecule has 106 valence electrons. The van der Waals surface area contributed by atoms with Crippen LogP contribution in [0, 0.1) is 0 Å². The molecule has 2 aromatic heterocycles. The van der Waals surface area contributed by atoms with Crippen LogP contribution in [-0.2, 0) is 0 Å². The quantitative estimate of drug-likeness (QED) is 0.765. The maximum Gasteiger partial charge on any atom is 0.140 e. The average molecular weight is 343 g/mol. The van der Waals surface area contributed by atoms with E-state index >= 15 is 0 Å². The summed E-state index contributed by atoms with van der Waals surface area (Å²) >= 11 is 3.45. The molecule has 1 saturated heterocycles. The summed E-state index contributed by atoms with van der Waals surface area (Å²) in [5, 5.41) is 0. The third-order valence-corrected chi connectivity index (χ3v) is 4.35. The topological polar surface area (TPSA) is 44.8 Å². The van der Waals surface area contributed by atoms with Gasteiger partial charge in [-0.25, -0.2) is 4.98 Å². The largest absolute Gasteiger partial charge is 0.371 e. The molecule has 4 rings (SSSR count). The Bertz CT molecular complexity index is 790. The molecule has 0 aliphatic carbocycles. The molecule has 21 heavy (non-hydrogen) atoms. The molecule has 0 amide bonds. The lowest BCUT2D eigenvalue weighted by Crippen LogP contribution is -2.17. The van der Waals surface area contributed by atoms with Crippen molar-refractivity contribution in [2.45, 2.75) is 12.8 Å². The molecule has 0 atom stereocenters. The summed E-state index contributed by atoms with van der Waals surface area (Å²) < 4.78 is 0.957. The van der Waals surface area contributed by atoms with Crippen LogP contribution in [0.1, 0.15) is 12.8 Å². The summed E-state index contributed by atoms with van der Waals surface area (Å²) in [7, 11) is 0. The lowest BCUT2D eigenvalue weighted by atomic mass is 10.2. The van der Waals surface area contributed by atoms with E-state index in [0.717, 1.165) is 40.0 Å². The predicted molar refractivity (Wildman–Crippen MR) is 88.5 cm³/mol. The Labute approximate surface area is 131 Å². The number of aromatic amines is 1. The van der Waals surface area contributed by atoms with Crippen LogP contribution in [0.4, 0.5) is 5.69 Å². The third-order valence-electron chi connectivity index (χ3n) is 3.91. The molecular weight excluding hydrogens is 328 g/mol. The van der Waals surface area contributed by atoms with E-state index in [0.29, 0.717) is 0 Å². The van der Waals surface area contributed by atoms with Gasteiger partial charge in [0, 0.05) is 41.2 Å². The van der Waals surface area contributed by atoms with Crippen molar-refractivity contribution in [3.05, 3.63) is 41.1 Å². The Morgan fingerprint density at radius 3 is 2.76 bits per heavy atom. The first-order valence-corrected chi connectivity index (χ1v) is 7.94. The molecule has 3 heterocycles. The number of hydrogen-bond donors (Lipinski definition) is 1. The summed E-state index contributed by atoms with van der Waals surface area (Å²) in [5.74, 6) is 0.859. The summed E-state index contributed by atoms with van der Waals surface area (Å²) in [4.78, 5) is 14.7. The van der Waals surface area contributed by atoms with Gasteiger partial charge in [-0.05, 0) is 53.0 Å². The van der Waals surface area contributed by atoms with Crippen molar-refractivity contribution in [1.82, 2.24) is 15.0 Å². The summed E-state index contributed by atoms with van der Waals surface area (Å²) in [6, 6.07) is 8.47. The number of halogens is 1. The summed E-state index contributed by atoms with van der Waals surface area (Å²) in [6.07, 6.45) is 6.17. The van der Waals surface area contributed by atoms with Gasteiger partial charge in [-0.2, -0.15) is 0 Å². The number of hydrogen-bond acceptors (Lipinski definition) is 3. The maximum absolute atomic E-state index is 4.66. The van der Waals surface area contributed by atoms with Crippen LogP contribution in [-0.4, -0.2) is 28.0 Å². The Hall–Kier alpha value is -1.88. The Morgan fingerprint density at radius 2 is 1.95 bits per heavy atom. The maximum atomic E-state index is 4.66. The fraction of sp³-hybridized carbons (Fsp3) is 0.250. The second-order valence-corrected chi connectivity index (χ2v) is 6.29. The zero-order valence-corrected chi connectivity index (χ0v) is 13.1. The van der Waals surface area contributed by atoms with Crippen LogP contribution in [0.25, 0.3) is 22.4 Å². The minimum absolute atomic E-state index is 0.859. The van der Waals surface area contributed by atoms with Crippen molar-refractivity contribution in [1.29, 1.82) is 0 Å². The van der Waals surface area contributed by atoms with Gasteiger partial charge in [0.25, 0.3) is 0 Å². The molecule has 0 unspecified atom stereocenters. The van der Waals surface area contributed by atoms with E-state index in [1.807, 2.05) is 12.3 Å². The second-order valence-electron chi connectivity index (χ2n) is 5.37. The van der Waals surface area contributed by atoms with Crippen molar-refractivity contribution in [3.8, 4) is 11.4 Å². The van der Waals surface area contributed by atoms with Gasteiger partial charge in [0.05, 0.1) is 11.0 Å². The molecule has 1 fully saturated rings. The average Bonchev–Trinajstić information content (AvgIpc) is 3.16. The zero-order valence-electron chi connectivity index (χ0n) is 11.5. The number of imidazole rings is 1. The Morgan fingerprint density at radius 1 is 1.10 bits per heavy atom. The van der Waals surface area contributed by atoms with Crippen molar-refractivity contribution < 1.29 is 0 Å². The standard InChI is InChI=1S/C16H15BrN4/c17-12-7-11(9-18-10-12)16-19-14-4-3-13(8-15(14)20-16)21-5-1-2-6-21/h3-4,7-10H,1-2,5-6H2,(H,19,20). The first-order chi connectivity index (χ1) is 10.3. The number of aromatic nitrogens is 3.